The Morgan fingerprint density at radius 1 is 1.38 bits per heavy atom. The lowest BCUT2D eigenvalue weighted by atomic mass is 10.1. The molecule has 2 aliphatic rings. The molecule has 1 aromatic heterocycles. The SMILES string of the molecule is CC(C)(C)OC(=O)N1Cc2nc(C3CCCCN3)oc2C1. The smallest absolute Gasteiger partial charge is 0.411 e. The van der Waals surface area contributed by atoms with Crippen LogP contribution in [-0.4, -0.2) is 28.1 Å². The van der Waals surface area contributed by atoms with Crippen LogP contribution in [0.5, 0.6) is 0 Å². The van der Waals surface area contributed by atoms with Crippen LogP contribution in [0.4, 0.5) is 4.79 Å². The van der Waals surface area contributed by atoms with Gasteiger partial charge in [-0.3, -0.25) is 4.90 Å². The van der Waals surface area contributed by atoms with Gasteiger partial charge in [0, 0.05) is 0 Å². The quantitative estimate of drug-likeness (QED) is 0.862. The van der Waals surface area contributed by atoms with Crippen LogP contribution in [0.15, 0.2) is 4.42 Å². The van der Waals surface area contributed by atoms with Gasteiger partial charge >= 0.3 is 6.09 Å². The third-order valence-electron chi connectivity index (χ3n) is 3.73. The Morgan fingerprint density at radius 2 is 2.19 bits per heavy atom. The molecule has 6 nitrogen and oxygen atoms in total. The predicted molar refractivity (Wildman–Crippen MR) is 76.6 cm³/mol. The van der Waals surface area contributed by atoms with E-state index < -0.39 is 5.60 Å². The van der Waals surface area contributed by atoms with Gasteiger partial charge in [0.2, 0.25) is 5.89 Å². The van der Waals surface area contributed by atoms with Crippen molar-refractivity contribution in [1.82, 2.24) is 15.2 Å². The van der Waals surface area contributed by atoms with E-state index in [4.69, 9.17) is 9.15 Å². The first-order valence-electron chi connectivity index (χ1n) is 7.62. The highest BCUT2D eigenvalue weighted by molar-refractivity contribution is 5.68. The van der Waals surface area contributed by atoms with Crippen molar-refractivity contribution in [3.63, 3.8) is 0 Å². The molecule has 21 heavy (non-hydrogen) atoms. The Hall–Kier alpha value is -1.56. The standard InChI is InChI=1S/C15H23N3O3/c1-15(2,3)21-14(19)18-8-11-12(9-18)20-13(17-11)10-6-4-5-7-16-10/h10,16H,4-9H2,1-3H3. The van der Waals surface area contributed by atoms with Crippen LogP contribution in [0.1, 0.15) is 63.4 Å². The van der Waals surface area contributed by atoms with Crippen LogP contribution in [0.3, 0.4) is 0 Å². The molecule has 0 aromatic carbocycles. The summed E-state index contributed by atoms with van der Waals surface area (Å²) in [4.78, 5) is 18.2. The largest absolute Gasteiger partial charge is 0.444 e. The van der Waals surface area contributed by atoms with Gasteiger partial charge in [-0.15, -0.1) is 0 Å². The van der Waals surface area contributed by atoms with E-state index in [1.807, 2.05) is 20.8 Å². The number of ether oxygens (including phenoxy) is 1. The second-order valence-corrected chi connectivity index (χ2v) is 6.76. The van der Waals surface area contributed by atoms with E-state index in [2.05, 4.69) is 10.3 Å². The number of nitrogens with one attached hydrogen (secondary N) is 1. The number of oxazole rings is 1. The van der Waals surface area contributed by atoms with Crippen LogP contribution < -0.4 is 5.32 Å². The minimum atomic E-state index is -0.481. The molecule has 3 rings (SSSR count). The minimum Gasteiger partial charge on any atom is -0.444 e. The van der Waals surface area contributed by atoms with Gasteiger partial charge in [0.25, 0.3) is 0 Å². The summed E-state index contributed by atoms with van der Waals surface area (Å²) in [5, 5.41) is 3.43. The highest BCUT2D eigenvalue weighted by atomic mass is 16.6. The lowest BCUT2D eigenvalue weighted by Crippen LogP contribution is -2.33. The molecule has 2 aliphatic heterocycles. The van der Waals surface area contributed by atoms with Crippen LogP contribution in [0.2, 0.25) is 0 Å². The average molecular weight is 293 g/mol. The summed E-state index contributed by atoms with van der Waals surface area (Å²) >= 11 is 0. The maximum Gasteiger partial charge on any atom is 0.411 e. The highest BCUT2D eigenvalue weighted by Gasteiger charge is 2.33. The van der Waals surface area contributed by atoms with Crippen LogP contribution in [-0.2, 0) is 17.8 Å². The lowest BCUT2D eigenvalue weighted by Gasteiger charge is -2.24. The van der Waals surface area contributed by atoms with Crippen molar-refractivity contribution in [2.75, 3.05) is 6.54 Å². The fourth-order valence-electron chi connectivity index (χ4n) is 2.73. The van der Waals surface area contributed by atoms with Gasteiger partial charge in [0.1, 0.15) is 17.1 Å². The molecule has 116 valence electrons. The van der Waals surface area contributed by atoms with Crippen LogP contribution in [0.25, 0.3) is 0 Å². The number of hydrogen-bond donors (Lipinski definition) is 1. The van der Waals surface area contributed by atoms with E-state index in [-0.39, 0.29) is 12.1 Å². The number of piperidine rings is 1. The molecule has 1 atom stereocenters. The van der Waals surface area contributed by atoms with Gasteiger partial charge < -0.3 is 14.5 Å². The molecule has 1 saturated heterocycles. The van der Waals surface area contributed by atoms with Gasteiger partial charge in [-0.05, 0) is 40.2 Å². The van der Waals surface area contributed by atoms with E-state index in [9.17, 15) is 4.79 Å². The normalized spacial score (nSPS) is 22.2. The second kappa shape index (κ2) is 5.33. The van der Waals surface area contributed by atoms with Crippen molar-refractivity contribution < 1.29 is 13.9 Å². The Kier molecular flexibility index (Phi) is 3.65. The number of carbonyl (C=O) groups excluding carboxylic acids is 1. The van der Waals surface area contributed by atoms with Gasteiger partial charge in [0.05, 0.1) is 19.1 Å². The highest BCUT2D eigenvalue weighted by Crippen LogP contribution is 2.29. The van der Waals surface area contributed by atoms with Crippen molar-refractivity contribution in [3.8, 4) is 0 Å². The zero-order valence-electron chi connectivity index (χ0n) is 12.9. The van der Waals surface area contributed by atoms with E-state index in [1.165, 1.54) is 12.8 Å². The summed E-state index contributed by atoms with van der Waals surface area (Å²) in [6.07, 6.45) is 3.17. The zero-order valence-corrected chi connectivity index (χ0v) is 12.9. The van der Waals surface area contributed by atoms with Crippen molar-refractivity contribution in [1.29, 1.82) is 0 Å². The second-order valence-electron chi connectivity index (χ2n) is 6.76. The van der Waals surface area contributed by atoms with Gasteiger partial charge in [-0.2, -0.15) is 0 Å². The van der Waals surface area contributed by atoms with Gasteiger partial charge in [0.15, 0.2) is 0 Å². The molecular formula is C15H23N3O3. The summed E-state index contributed by atoms with van der Waals surface area (Å²) in [6, 6.07) is 0.222. The summed E-state index contributed by atoms with van der Waals surface area (Å²) < 4.78 is 11.2. The number of hydrogen-bond acceptors (Lipinski definition) is 5. The molecule has 0 aliphatic carbocycles. The van der Waals surface area contributed by atoms with Crippen molar-refractivity contribution in [3.05, 3.63) is 17.3 Å². The number of carbonyl (C=O) groups is 1. The Morgan fingerprint density at radius 3 is 2.81 bits per heavy atom. The molecule has 1 unspecified atom stereocenters. The molecular weight excluding hydrogens is 270 g/mol. The topological polar surface area (TPSA) is 67.6 Å². The Labute approximate surface area is 124 Å². The molecule has 1 amide bonds. The van der Waals surface area contributed by atoms with Crippen molar-refractivity contribution in [2.24, 2.45) is 0 Å². The fraction of sp³-hybridized carbons (Fsp3) is 0.733. The monoisotopic (exact) mass is 293 g/mol. The maximum atomic E-state index is 12.0. The summed E-state index contributed by atoms with van der Waals surface area (Å²) in [6.45, 7) is 7.53. The van der Waals surface area contributed by atoms with Crippen LogP contribution >= 0.6 is 0 Å². The fourth-order valence-corrected chi connectivity index (χ4v) is 2.73. The van der Waals surface area contributed by atoms with Crippen molar-refractivity contribution in [2.45, 2.75) is 64.8 Å². The third-order valence-corrected chi connectivity index (χ3v) is 3.73. The Balaban J connectivity index is 1.63. The number of nitrogens with zero attached hydrogens (tertiary/aromatic N) is 2. The van der Waals surface area contributed by atoms with E-state index >= 15 is 0 Å². The summed E-state index contributed by atoms with van der Waals surface area (Å²) in [5.74, 6) is 1.56. The molecule has 3 heterocycles. The van der Waals surface area contributed by atoms with E-state index in [1.54, 1.807) is 4.90 Å². The summed E-state index contributed by atoms with van der Waals surface area (Å²) in [7, 11) is 0. The number of aromatic nitrogens is 1. The zero-order chi connectivity index (χ0) is 15.0. The molecule has 0 spiro atoms. The minimum absolute atomic E-state index is 0.222. The molecule has 1 fully saturated rings. The van der Waals surface area contributed by atoms with Crippen molar-refractivity contribution >= 4 is 6.09 Å². The summed E-state index contributed by atoms with van der Waals surface area (Å²) in [5.41, 5.74) is 0.383. The molecule has 6 heteroatoms. The van der Waals surface area contributed by atoms with Crippen LogP contribution in [0, 0.1) is 0 Å². The lowest BCUT2D eigenvalue weighted by molar-refractivity contribution is 0.0230. The molecule has 0 bridgehead atoms. The molecule has 0 radical (unpaired) electrons. The predicted octanol–water partition coefficient (Wildman–Crippen LogP) is 2.74. The Bertz CT molecular complexity index is 503. The number of amides is 1. The van der Waals surface area contributed by atoms with Gasteiger partial charge in [-0.1, -0.05) is 6.42 Å². The molecule has 1 aromatic rings. The van der Waals surface area contributed by atoms with E-state index in [0.717, 1.165) is 30.3 Å². The number of rotatable bonds is 1. The maximum absolute atomic E-state index is 12.0. The van der Waals surface area contributed by atoms with E-state index in [0.29, 0.717) is 13.1 Å². The average Bonchev–Trinajstić information content (AvgIpc) is 2.95. The molecule has 1 N–H and O–H groups in total. The van der Waals surface area contributed by atoms with Gasteiger partial charge in [-0.25, -0.2) is 9.78 Å². The first-order chi connectivity index (χ1) is 9.92. The first-order valence-corrected chi connectivity index (χ1v) is 7.62. The first kappa shape index (κ1) is 14.4. The molecule has 0 saturated carbocycles. The third kappa shape index (κ3) is 3.20. The number of fused-ring (bicyclic) bond motifs is 1.